The second-order valence-electron chi connectivity index (χ2n) is 3.89. The molecule has 98 valence electrons. The lowest BCUT2D eigenvalue weighted by Gasteiger charge is -2.10. The van der Waals surface area contributed by atoms with Crippen LogP contribution in [0.15, 0.2) is 18.2 Å². The average Bonchev–Trinajstić information content (AvgIpc) is 2.34. The van der Waals surface area contributed by atoms with E-state index in [1.54, 1.807) is 6.92 Å². The maximum atomic E-state index is 11.8. The molecule has 0 spiro atoms. The van der Waals surface area contributed by atoms with E-state index in [2.05, 4.69) is 5.32 Å². The van der Waals surface area contributed by atoms with Crippen molar-refractivity contribution in [3.63, 3.8) is 0 Å². The van der Waals surface area contributed by atoms with Crippen molar-refractivity contribution in [2.45, 2.75) is 6.92 Å². The Morgan fingerprint density at radius 3 is 2.83 bits per heavy atom. The maximum Gasteiger partial charge on any atom is 0.300 e. The van der Waals surface area contributed by atoms with Gasteiger partial charge in [0.25, 0.3) is 5.91 Å². The molecule has 0 heterocycles. The molecule has 0 saturated heterocycles. The molecule has 0 aliphatic carbocycles. The predicted molar refractivity (Wildman–Crippen MR) is 66.7 cm³/mol. The Morgan fingerprint density at radius 2 is 2.28 bits per heavy atom. The number of hydrogen-bond donors (Lipinski definition) is 2. The summed E-state index contributed by atoms with van der Waals surface area (Å²) in [4.78, 5) is 21.9. The Hall–Kier alpha value is -1.66. The van der Waals surface area contributed by atoms with Gasteiger partial charge in [-0.05, 0) is 18.1 Å². The fraction of sp³-hybridized carbons (Fsp3) is 0.364. The fourth-order valence-electron chi connectivity index (χ4n) is 1.31. The van der Waals surface area contributed by atoms with E-state index in [9.17, 15) is 14.9 Å². The summed E-state index contributed by atoms with van der Waals surface area (Å²) < 4.78 is 0. The van der Waals surface area contributed by atoms with Crippen molar-refractivity contribution >= 4 is 23.2 Å². The van der Waals surface area contributed by atoms with E-state index in [-0.39, 0.29) is 29.7 Å². The van der Waals surface area contributed by atoms with Gasteiger partial charge in [0.15, 0.2) is 0 Å². The molecule has 0 bridgehead atoms. The van der Waals surface area contributed by atoms with E-state index in [1.807, 2.05) is 0 Å². The van der Waals surface area contributed by atoms with Crippen molar-refractivity contribution in [3.05, 3.63) is 38.9 Å². The summed E-state index contributed by atoms with van der Waals surface area (Å²) in [6.07, 6.45) is 0. The number of nitrogens with zero attached hydrogens (tertiary/aromatic N) is 1. The Morgan fingerprint density at radius 1 is 1.61 bits per heavy atom. The number of halogens is 1. The highest BCUT2D eigenvalue weighted by Gasteiger charge is 2.23. The van der Waals surface area contributed by atoms with Crippen molar-refractivity contribution in [1.82, 2.24) is 5.32 Å². The number of nitrogens with one attached hydrogen (secondary N) is 1. The van der Waals surface area contributed by atoms with Crippen LogP contribution in [-0.4, -0.2) is 29.1 Å². The van der Waals surface area contributed by atoms with E-state index in [4.69, 9.17) is 16.7 Å². The second-order valence-corrected chi connectivity index (χ2v) is 4.30. The van der Waals surface area contributed by atoms with Crippen LogP contribution in [0.25, 0.3) is 0 Å². The van der Waals surface area contributed by atoms with Gasteiger partial charge in [-0.15, -0.1) is 0 Å². The second kappa shape index (κ2) is 6.32. The highest BCUT2D eigenvalue weighted by molar-refractivity contribution is 6.33. The molecular weight excluding hydrogens is 260 g/mol. The van der Waals surface area contributed by atoms with Crippen LogP contribution in [0.2, 0.25) is 5.02 Å². The van der Waals surface area contributed by atoms with Gasteiger partial charge >= 0.3 is 5.69 Å². The van der Waals surface area contributed by atoms with Crippen molar-refractivity contribution in [2.24, 2.45) is 5.92 Å². The third-order valence-corrected chi connectivity index (χ3v) is 2.64. The van der Waals surface area contributed by atoms with E-state index < -0.39 is 16.5 Å². The first-order valence-electron chi connectivity index (χ1n) is 5.29. The van der Waals surface area contributed by atoms with Gasteiger partial charge in [-0.2, -0.15) is 0 Å². The largest absolute Gasteiger partial charge is 0.396 e. The van der Waals surface area contributed by atoms with Gasteiger partial charge in [0.1, 0.15) is 10.6 Å². The van der Waals surface area contributed by atoms with Gasteiger partial charge in [0.05, 0.1) is 4.92 Å². The topological polar surface area (TPSA) is 92.5 Å². The molecular formula is C11H13ClN2O4. The number of aliphatic hydroxyl groups is 1. The summed E-state index contributed by atoms with van der Waals surface area (Å²) in [6, 6.07) is 4.16. The molecule has 1 amide bonds. The predicted octanol–water partition coefficient (Wildman–Crippen LogP) is 1.61. The van der Waals surface area contributed by atoms with Crippen molar-refractivity contribution in [3.8, 4) is 0 Å². The molecule has 0 aliphatic heterocycles. The number of carbonyl (C=O) groups is 1. The van der Waals surface area contributed by atoms with Crippen LogP contribution in [0.5, 0.6) is 0 Å². The first-order valence-corrected chi connectivity index (χ1v) is 5.67. The highest BCUT2D eigenvalue weighted by Crippen LogP contribution is 2.27. The third-order valence-electron chi connectivity index (χ3n) is 2.34. The molecule has 7 heteroatoms. The number of amides is 1. The average molecular weight is 273 g/mol. The third kappa shape index (κ3) is 3.41. The minimum atomic E-state index is -0.688. The zero-order chi connectivity index (χ0) is 13.7. The van der Waals surface area contributed by atoms with E-state index in [1.165, 1.54) is 18.2 Å². The molecule has 1 aromatic carbocycles. The molecule has 18 heavy (non-hydrogen) atoms. The van der Waals surface area contributed by atoms with Crippen molar-refractivity contribution in [1.29, 1.82) is 0 Å². The van der Waals surface area contributed by atoms with Gasteiger partial charge in [0, 0.05) is 13.2 Å². The SMILES string of the molecule is CC(CO)CNC(=O)c1cccc(Cl)c1[N+](=O)[O-]. The molecule has 1 rings (SSSR count). The van der Waals surface area contributed by atoms with Gasteiger partial charge in [-0.3, -0.25) is 14.9 Å². The standard InChI is InChI=1S/C11H13ClN2O4/c1-7(6-15)5-13-11(16)8-3-2-4-9(12)10(8)14(17)18/h2-4,7,15H,5-6H2,1H3,(H,13,16). The fourth-order valence-corrected chi connectivity index (χ4v) is 1.55. The number of benzene rings is 1. The molecule has 1 aromatic rings. The molecule has 1 atom stereocenters. The number of nitro benzene ring substituents is 1. The lowest BCUT2D eigenvalue weighted by Crippen LogP contribution is -2.30. The Kier molecular flexibility index (Phi) is 5.06. The zero-order valence-corrected chi connectivity index (χ0v) is 10.5. The number of para-hydroxylation sites is 1. The van der Waals surface area contributed by atoms with Gasteiger partial charge < -0.3 is 10.4 Å². The van der Waals surface area contributed by atoms with Crippen LogP contribution < -0.4 is 5.32 Å². The summed E-state index contributed by atoms with van der Waals surface area (Å²) in [5.41, 5.74) is -0.494. The minimum absolute atomic E-state index is 0.0715. The van der Waals surface area contributed by atoms with E-state index >= 15 is 0 Å². The molecule has 6 nitrogen and oxygen atoms in total. The van der Waals surface area contributed by atoms with Crippen LogP contribution in [0.1, 0.15) is 17.3 Å². The normalized spacial score (nSPS) is 11.9. The van der Waals surface area contributed by atoms with Crippen LogP contribution >= 0.6 is 11.6 Å². The highest BCUT2D eigenvalue weighted by atomic mass is 35.5. The minimum Gasteiger partial charge on any atom is -0.396 e. The Balaban J connectivity index is 2.92. The molecule has 0 aromatic heterocycles. The summed E-state index contributed by atoms with van der Waals surface area (Å²) in [5, 5.41) is 22.1. The summed E-state index contributed by atoms with van der Waals surface area (Å²) in [7, 11) is 0. The first kappa shape index (κ1) is 14.4. The van der Waals surface area contributed by atoms with Crippen LogP contribution in [0.3, 0.4) is 0 Å². The summed E-state index contributed by atoms with van der Waals surface area (Å²) >= 11 is 5.70. The lowest BCUT2D eigenvalue weighted by molar-refractivity contribution is -0.385. The maximum absolute atomic E-state index is 11.8. The van der Waals surface area contributed by atoms with E-state index in [0.29, 0.717) is 0 Å². The van der Waals surface area contributed by atoms with Gasteiger partial charge in [-0.25, -0.2) is 0 Å². The lowest BCUT2D eigenvalue weighted by atomic mass is 10.1. The van der Waals surface area contributed by atoms with Crippen LogP contribution in [0.4, 0.5) is 5.69 Å². The van der Waals surface area contributed by atoms with Crippen LogP contribution in [0, 0.1) is 16.0 Å². The number of nitro groups is 1. The Labute approximate surface area is 109 Å². The first-order chi connectivity index (χ1) is 8.47. The van der Waals surface area contributed by atoms with Gasteiger partial charge in [0.2, 0.25) is 0 Å². The molecule has 0 fully saturated rings. The molecule has 0 aliphatic rings. The molecule has 1 unspecified atom stereocenters. The van der Waals surface area contributed by atoms with Crippen LogP contribution in [-0.2, 0) is 0 Å². The molecule has 2 N–H and O–H groups in total. The van der Waals surface area contributed by atoms with E-state index in [0.717, 1.165) is 0 Å². The number of aliphatic hydroxyl groups excluding tert-OH is 1. The quantitative estimate of drug-likeness (QED) is 0.629. The Bertz CT molecular complexity index is 464. The van der Waals surface area contributed by atoms with Crippen molar-refractivity contribution in [2.75, 3.05) is 13.2 Å². The molecule has 0 radical (unpaired) electrons. The summed E-state index contributed by atoms with van der Waals surface area (Å²) in [5.74, 6) is -0.698. The number of hydrogen-bond acceptors (Lipinski definition) is 4. The van der Waals surface area contributed by atoms with Crippen molar-refractivity contribution < 1.29 is 14.8 Å². The monoisotopic (exact) mass is 272 g/mol. The molecule has 0 saturated carbocycles. The van der Waals surface area contributed by atoms with Gasteiger partial charge in [-0.1, -0.05) is 24.6 Å². The summed E-state index contributed by atoms with van der Waals surface area (Å²) in [6.45, 7) is 1.91. The smallest absolute Gasteiger partial charge is 0.300 e. The number of rotatable bonds is 5. The number of carbonyl (C=O) groups excluding carboxylic acids is 1. The zero-order valence-electron chi connectivity index (χ0n) is 9.72.